The van der Waals surface area contributed by atoms with Crippen molar-refractivity contribution in [3.63, 3.8) is 0 Å². The van der Waals surface area contributed by atoms with Crippen molar-refractivity contribution in [2.45, 2.75) is 13.0 Å². The molecule has 0 bridgehead atoms. The topological polar surface area (TPSA) is 219 Å². The van der Waals surface area contributed by atoms with Crippen LogP contribution in [0.5, 0.6) is 11.6 Å². The maximum Gasteiger partial charge on any atom is 0.348 e. The summed E-state index contributed by atoms with van der Waals surface area (Å²) in [6.45, 7) is 1.08. The summed E-state index contributed by atoms with van der Waals surface area (Å²) < 4.78 is 11.6. The summed E-state index contributed by atoms with van der Waals surface area (Å²) in [6.07, 6.45) is 1.55. The minimum atomic E-state index is -1.16. The molecule has 0 amide bonds. The smallest absolute Gasteiger partial charge is 0.348 e. The van der Waals surface area contributed by atoms with Crippen molar-refractivity contribution < 1.29 is 29.3 Å². The number of ether oxygens (including phenoxy) is 2. The molecular formula is C24H25N7O7S. The van der Waals surface area contributed by atoms with E-state index in [0.717, 1.165) is 22.9 Å². The number of nitrogens with one attached hydrogen (secondary N) is 3. The van der Waals surface area contributed by atoms with E-state index in [1.165, 1.54) is 20.3 Å². The molecule has 1 atom stereocenters. The first kappa shape index (κ1) is 28.4. The average Bonchev–Trinajstić information content (AvgIpc) is 3.53. The zero-order chi connectivity index (χ0) is 28.7. The van der Waals surface area contributed by atoms with Crippen molar-refractivity contribution in [1.29, 1.82) is 5.41 Å². The Morgan fingerprint density at radius 1 is 1.18 bits per heavy atom. The van der Waals surface area contributed by atoms with Crippen LogP contribution < -0.4 is 26.2 Å². The van der Waals surface area contributed by atoms with Gasteiger partial charge in [-0.15, -0.1) is 16.4 Å². The van der Waals surface area contributed by atoms with Crippen LogP contribution in [0, 0.1) is 5.41 Å². The highest BCUT2D eigenvalue weighted by Crippen LogP contribution is 2.31. The standard InChI is InChI=1S/C22H21N7O5S.C2H4O2/c1-33-15-9-12(10-25-20(15)34-2)16(26-13-5-3-11(4-6-13)18(23)24)19-27-22(32)29(28-19)14-7-8-35-17(14)21(30)31;1-2(3)4/h3-10,16,26H,1-2H3,(H3,23,24)(H,30,31)(H,27,28,32);1H3,(H,3,4). The predicted octanol–water partition coefficient (Wildman–Crippen LogP) is 2.31. The fraction of sp³-hybridized carbons (Fsp3) is 0.167. The summed E-state index contributed by atoms with van der Waals surface area (Å²) in [6, 6.07) is 9.31. The van der Waals surface area contributed by atoms with E-state index < -0.39 is 23.7 Å². The molecule has 0 aliphatic carbocycles. The van der Waals surface area contributed by atoms with Gasteiger partial charge < -0.3 is 30.7 Å². The number of hydrogen-bond donors (Lipinski definition) is 6. The first-order valence-electron chi connectivity index (χ1n) is 11.0. The number of thiophene rings is 1. The van der Waals surface area contributed by atoms with Gasteiger partial charge in [-0.3, -0.25) is 15.2 Å². The molecule has 0 saturated carbocycles. The van der Waals surface area contributed by atoms with E-state index in [4.69, 9.17) is 30.5 Å². The number of aromatic nitrogens is 4. The van der Waals surface area contributed by atoms with Crippen LogP contribution in [0.1, 0.15) is 39.6 Å². The van der Waals surface area contributed by atoms with Crippen molar-refractivity contribution in [2.75, 3.05) is 19.5 Å². The SMILES string of the molecule is CC(=O)O.COc1cc(C(Nc2ccc(C(=N)N)cc2)c2nn(-c3ccsc3C(=O)O)c(=O)[nH]2)cnc1OC. The number of carbonyl (C=O) groups is 2. The molecule has 1 unspecified atom stereocenters. The second-order valence-corrected chi connectivity index (χ2v) is 8.65. The van der Waals surface area contributed by atoms with Gasteiger partial charge in [-0.25, -0.2) is 14.6 Å². The Labute approximate surface area is 225 Å². The summed E-state index contributed by atoms with van der Waals surface area (Å²) in [5, 5.41) is 33.7. The first-order chi connectivity index (χ1) is 18.5. The molecular weight excluding hydrogens is 530 g/mol. The van der Waals surface area contributed by atoms with E-state index in [0.29, 0.717) is 22.6 Å². The van der Waals surface area contributed by atoms with Crippen LogP contribution >= 0.6 is 11.3 Å². The minimum Gasteiger partial charge on any atom is -0.491 e. The lowest BCUT2D eigenvalue weighted by molar-refractivity contribution is -0.134. The zero-order valence-corrected chi connectivity index (χ0v) is 21.8. The Morgan fingerprint density at radius 3 is 2.41 bits per heavy atom. The maximum absolute atomic E-state index is 12.8. The van der Waals surface area contributed by atoms with Crippen molar-refractivity contribution >= 4 is 34.8 Å². The van der Waals surface area contributed by atoms with Crippen molar-refractivity contribution in [2.24, 2.45) is 5.73 Å². The van der Waals surface area contributed by atoms with Gasteiger partial charge in [-0.1, -0.05) is 0 Å². The predicted molar refractivity (Wildman–Crippen MR) is 143 cm³/mol. The number of carboxylic acids is 2. The molecule has 39 heavy (non-hydrogen) atoms. The lowest BCUT2D eigenvalue weighted by Gasteiger charge is -2.19. The molecule has 0 aliphatic heterocycles. The highest BCUT2D eigenvalue weighted by molar-refractivity contribution is 7.12. The average molecular weight is 556 g/mol. The van der Waals surface area contributed by atoms with E-state index >= 15 is 0 Å². The Balaban J connectivity index is 0.000000983. The number of aromatic amines is 1. The number of methoxy groups -OCH3 is 2. The van der Waals surface area contributed by atoms with Gasteiger partial charge in [0.05, 0.1) is 19.9 Å². The van der Waals surface area contributed by atoms with Gasteiger partial charge in [0.25, 0.3) is 11.8 Å². The number of hydrogen-bond acceptors (Lipinski definition) is 10. The highest BCUT2D eigenvalue weighted by Gasteiger charge is 2.24. The van der Waals surface area contributed by atoms with Crippen molar-refractivity contribution in [1.82, 2.24) is 19.7 Å². The number of rotatable bonds is 9. The van der Waals surface area contributed by atoms with E-state index in [9.17, 15) is 14.7 Å². The number of benzene rings is 1. The molecule has 3 heterocycles. The Kier molecular flexibility index (Phi) is 9.01. The van der Waals surface area contributed by atoms with Crippen LogP contribution in [-0.2, 0) is 4.79 Å². The lowest BCUT2D eigenvalue weighted by Crippen LogP contribution is -2.17. The fourth-order valence-electron chi connectivity index (χ4n) is 3.39. The zero-order valence-electron chi connectivity index (χ0n) is 21.0. The van der Waals surface area contributed by atoms with Gasteiger partial charge in [0.2, 0.25) is 0 Å². The van der Waals surface area contributed by atoms with Gasteiger partial charge in [0.15, 0.2) is 11.6 Å². The van der Waals surface area contributed by atoms with Crippen LogP contribution in [0.4, 0.5) is 5.69 Å². The molecule has 0 radical (unpaired) electrons. The van der Waals surface area contributed by atoms with Gasteiger partial charge in [-0.2, -0.15) is 4.68 Å². The van der Waals surface area contributed by atoms with Crippen LogP contribution in [-0.4, -0.2) is 62.0 Å². The summed E-state index contributed by atoms with van der Waals surface area (Å²) >= 11 is 0.994. The number of carboxylic acid groups (broad SMARTS) is 2. The third kappa shape index (κ3) is 6.78. The minimum absolute atomic E-state index is 0.0118. The normalized spacial score (nSPS) is 11.1. The summed E-state index contributed by atoms with van der Waals surface area (Å²) in [5.74, 6) is -1.19. The molecule has 0 spiro atoms. The van der Waals surface area contributed by atoms with Crippen molar-refractivity contribution in [3.05, 3.63) is 80.3 Å². The fourth-order valence-corrected chi connectivity index (χ4v) is 4.10. The molecule has 3 aromatic heterocycles. The molecule has 14 nitrogen and oxygen atoms in total. The Hall–Kier alpha value is -5.18. The van der Waals surface area contributed by atoms with Crippen LogP contribution in [0.15, 0.2) is 52.8 Å². The number of H-pyrrole nitrogens is 1. The number of amidine groups is 1. The quantitative estimate of drug-likeness (QED) is 0.130. The molecule has 7 N–H and O–H groups in total. The van der Waals surface area contributed by atoms with E-state index in [1.807, 2.05) is 0 Å². The van der Waals surface area contributed by atoms with E-state index in [-0.39, 0.29) is 28.1 Å². The summed E-state index contributed by atoms with van der Waals surface area (Å²) in [4.78, 5) is 40.3. The third-order valence-electron chi connectivity index (χ3n) is 5.07. The molecule has 204 valence electrons. The number of nitrogen functional groups attached to an aromatic ring is 1. The molecule has 4 aromatic rings. The molecule has 4 rings (SSSR count). The summed E-state index contributed by atoms with van der Waals surface area (Å²) in [7, 11) is 2.95. The van der Waals surface area contributed by atoms with E-state index in [2.05, 4.69) is 20.4 Å². The first-order valence-corrected chi connectivity index (χ1v) is 11.9. The number of aromatic carboxylic acids is 1. The monoisotopic (exact) mass is 555 g/mol. The molecule has 0 saturated heterocycles. The maximum atomic E-state index is 12.8. The van der Waals surface area contributed by atoms with Gasteiger partial charge >= 0.3 is 11.7 Å². The summed E-state index contributed by atoms with van der Waals surface area (Å²) in [5.41, 5.74) is 6.88. The molecule has 1 aromatic carbocycles. The van der Waals surface area contributed by atoms with Crippen LogP contribution in [0.2, 0.25) is 0 Å². The van der Waals surface area contributed by atoms with E-state index in [1.54, 1.807) is 41.9 Å². The van der Waals surface area contributed by atoms with Crippen molar-refractivity contribution in [3.8, 4) is 17.3 Å². The number of nitrogens with two attached hydrogens (primary N) is 1. The lowest BCUT2D eigenvalue weighted by atomic mass is 10.1. The third-order valence-corrected chi connectivity index (χ3v) is 5.96. The molecule has 15 heteroatoms. The highest BCUT2D eigenvalue weighted by atomic mass is 32.1. The molecule has 0 fully saturated rings. The largest absolute Gasteiger partial charge is 0.491 e. The van der Waals surface area contributed by atoms with Gasteiger partial charge in [0.1, 0.15) is 16.8 Å². The Morgan fingerprint density at radius 2 is 1.85 bits per heavy atom. The second-order valence-electron chi connectivity index (χ2n) is 7.73. The number of nitrogens with zero attached hydrogens (tertiary/aromatic N) is 3. The molecule has 0 aliphatic rings. The number of aliphatic carboxylic acids is 1. The van der Waals surface area contributed by atoms with Crippen LogP contribution in [0.25, 0.3) is 5.69 Å². The second kappa shape index (κ2) is 12.4. The van der Waals surface area contributed by atoms with Gasteiger partial charge in [0, 0.05) is 29.9 Å². The number of pyridine rings is 1. The van der Waals surface area contributed by atoms with Gasteiger partial charge in [-0.05, 0) is 41.8 Å². The number of anilines is 1. The van der Waals surface area contributed by atoms with Crippen LogP contribution in [0.3, 0.4) is 0 Å². The Bertz CT molecular complexity index is 1540.